The minimum Gasteiger partial charge on any atom is -0.469 e. The summed E-state index contributed by atoms with van der Waals surface area (Å²) in [6.45, 7) is 0. The fourth-order valence-corrected chi connectivity index (χ4v) is 2.23. The van der Waals surface area contributed by atoms with Crippen molar-refractivity contribution in [1.29, 1.82) is 0 Å². The number of nitrogens with two attached hydrogens (primary N) is 1. The van der Waals surface area contributed by atoms with E-state index in [1.807, 2.05) is 0 Å². The van der Waals surface area contributed by atoms with Gasteiger partial charge in [0.25, 0.3) is 0 Å². The van der Waals surface area contributed by atoms with Crippen molar-refractivity contribution >= 4 is 18.4 Å². The van der Waals surface area contributed by atoms with E-state index in [0.717, 1.165) is 12.3 Å². The first kappa shape index (κ1) is 14.7. The summed E-state index contributed by atoms with van der Waals surface area (Å²) in [6, 6.07) is -0.00875. The molecule has 4 heteroatoms. The largest absolute Gasteiger partial charge is 0.469 e. The van der Waals surface area contributed by atoms with Gasteiger partial charge in [-0.25, -0.2) is 0 Å². The van der Waals surface area contributed by atoms with Crippen molar-refractivity contribution in [3.05, 3.63) is 0 Å². The summed E-state index contributed by atoms with van der Waals surface area (Å²) in [5.74, 6) is 0.553. The molecule has 0 heterocycles. The Morgan fingerprint density at radius 2 is 2.00 bits per heavy atom. The summed E-state index contributed by atoms with van der Waals surface area (Å²) in [4.78, 5) is 11.0. The van der Waals surface area contributed by atoms with Crippen LogP contribution in [0, 0.1) is 5.92 Å². The van der Waals surface area contributed by atoms with Crippen LogP contribution in [0.2, 0.25) is 0 Å². The third-order valence-corrected chi connectivity index (χ3v) is 3.02. The van der Waals surface area contributed by atoms with Gasteiger partial charge < -0.3 is 10.5 Å². The van der Waals surface area contributed by atoms with Crippen LogP contribution in [0.5, 0.6) is 0 Å². The molecule has 1 saturated carbocycles. The van der Waals surface area contributed by atoms with Gasteiger partial charge in [-0.3, -0.25) is 4.79 Å². The maximum absolute atomic E-state index is 11.0. The van der Waals surface area contributed by atoms with E-state index in [1.54, 1.807) is 0 Å². The molecule has 1 unspecified atom stereocenters. The quantitative estimate of drug-likeness (QED) is 0.761. The number of ether oxygens (including phenoxy) is 1. The van der Waals surface area contributed by atoms with Gasteiger partial charge in [0, 0.05) is 6.04 Å². The molecule has 0 aromatic carbocycles. The first-order chi connectivity index (χ1) is 6.72. The van der Waals surface area contributed by atoms with Gasteiger partial charge in [0.2, 0.25) is 0 Å². The highest BCUT2D eigenvalue weighted by Gasteiger charge is 2.18. The molecule has 1 rings (SSSR count). The molecule has 2 N–H and O–H groups in total. The van der Waals surface area contributed by atoms with Crippen LogP contribution >= 0.6 is 12.4 Å². The Hall–Kier alpha value is -0.280. The molecule has 0 spiro atoms. The topological polar surface area (TPSA) is 52.3 Å². The second-order valence-electron chi connectivity index (χ2n) is 4.28. The molecule has 1 aliphatic carbocycles. The molecule has 1 atom stereocenters. The van der Waals surface area contributed by atoms with Gasteiger partial charge in [0.15, 0.2) is 0 Å². The van der Waals surface area contributed by atoms with E-state index in [4.69, 9.17) is 5.73 Å². The van der Waals surface area contributed by atoms with E-state index >= 15 is 0 Å². The predicted molar refractivity (Wildman–Crippen MR) is 63.0 cm³/mol. The summed E-state index contributed by atoms with van der Waals surface area (Å²) in [5, 5.41) is 0. The highest BCUT2D eigenvalue weighted by atomic mass is 35.5. The number of carbonyl (C=O) groups excluding carboxylic acids is 1. The van der Waals surface area contributed by atoms with Crippen molar-refractivity contribution in [2.24, 2.45) is 11.7 Å². The number of rotatable bonds is 4. The molecule has 0 aromatic heterocycles. The smallest absolute Gasteiger partial charge is 0.307 e. The van der Waals surface area contributed by atoms with Crippen molar-refractivity contribution in [1.82, 2.24) is 0 Å². The maximum Gasteiger partial charge on any atom is 0.307 e. The van der Waals surface area contributed by atoms with Crippen molar-refractivity contribution in [3.63, 3.8) is 0 Å². The molecular weight excluding hydrogens is 214 g/mol. The Morgan fingerprint density at radius 3 is 2.53 bits per heavy atom. The molecule has 0 saturated heterocycles. The highest BCUT2D eigenvalue weighted by Crippen LogP contribution is 2.27. The van der Waals surface area contributed by atoms with Gasteiger partial charge in [-0.15, -0.1) is 12.4 Å². The zero-order chi connectivity index (χ0) is 10.4. The summed E-state index contributed by atoms with van der Waals surface area (Å²) < 4.78 is 4.59. The van der Waals surface area contributed by atoms with E-state index in [0.29, 0.717) is 6.42 Å². The number of hydrogen-bond acceptors (Lipinski definition) is 3. The van der Waals surface area contributed by atoms with Crippen LogP contribution in [-0.4, -0.2) is 19.1 Å². The summed E-state index contributed by atoms with van der Waals surface area (Å²) >= 11 is 0. The van der Waals surface area contributed by atoms with Gasteiger partial charge in [-0.1, -0.05) is 32.1 Å². The minimum atomic E-state index is -0.187. The Morgan fingerprint density at radius 1 is 1.40 bits per heavy atom. The Balaban J connectivity index is 0.00000196. The standard InChI is InChI=1S/C11H21NO2.ClH/c1-14-11(13)8-10(12)7-9-5-3-2-4-6-9;/h9-10H,2-8,12H2,1H3;1H. The lowest BCUT2D eigenvalue weighted by Crippen LogP contribution is -2.28. The average Bonchev–Trinajstić information content (AvgIpc) is 2.19. The Kier molecular flexibility index (Phi) is 7.79. The maximum atomic E-state index is 11.0. The number of methoxy groups -OCH3 is 1. The van der Waals surface area contributed by atoms with Crippen molar-refractivity contribution in [2.75, 3.05) is 7.11 Å². The van der Waals surface area contributed by atoms with Gasteiger partial charge in [0.1, 0.15) is 0 Å². The summed E-state index contributed by atoms with van der Waals surface area (Å²) in [6.07, 6.45) is 7.94. The van der Waals surface area contributed by atoms with Crippen LogP contribution in [0.3, 0.4) is 0 Å². The summed E-state index contributed by atoms with van der Waals surface area (Å²) in [5.41, 5.74) is 5.88. The van der Waals surface area contributed by atoms with Gasteiger partial charge in [0.05, 0.1) is 13.5 Å². The number of esters is 1. The van der Waals surface area contributed by atoms with Gasteiger partial charge in [-0.2, -0.15) is 0 Å². The third kappa shape index (κ3) is 6.00. The molecule has 0 radical (unpaired) electrons. The molecule has 1 fully saturated rings. The van der Waals surface area contributed by atoms with Gasteiger partial charge in [-0.05, 0) is 12.3 Å². The molecule has 1 aliphatic rings. The van der Waals surface area contributed by atoms with E-state index < -0.39 is 0 Å². The lowest BCUT2D eigenvalue weighted by molar-refractivity contribution is -0.141. The number of carbonyl (C=O) groups is 1. The molecule has 90 valence electrons. The van der Waals surface area contributed by atoms with E-state index in [-0.39, 0.29) is 24.4 Å². The van der Waals surface area contributed by atoms with Crippen molar-refractivity contribution < 1.29 is 9.53 Å². The lowest BCUT2D eigenvalue weighted by atomic mass is 9.84. The van der Waals surface area contributed by atoms with Crippen molar-refractivity contribution in [3.8, 4) is 0 Å². The molecule has 0 aliphatic heterocycles. The fourth-order valence-electron chi connectivity index (χ4n) is 2.23. The Labute approximate surface area is 98.2 Å². The van der Waals surface area contributed by atoms with Crippen LogP contribution in [0.15, 0.2) is 0 Å². The second kappa shape index (κ2) is 7.94. The van der Waals surface area contributed by atoms with Crippen molar-refractivity contribution in [2.45, 2.75) is 51.0 Å². The van der Waals surface area contributed by atoms with E-state index in [2.05, 4.69) is 4.74 Å². The molecule has 15 heavy (non-hydrogen) atoms. The minimum absolute atomic E-state index is 0. The molecule has 0 bridgehead atoms. The first-order valence-electron chi connectivity index (χ1n) is 5.54. The van der Waals surface area contributed by atoms with Crippen LogP contribution in [-0.2, 0) is 9.53 Å². The predicted octanol–water partition coefficient (Wildman–Crippen LogP) is 2.27. The molecular formula is C11H22ClNO2. The van der Waals surface area contributed by atoms with Crippen LogP contribution in [0.1, 0.15) is 44.9 Å². The lowest BCUT2D eigenvalue weighted by Gasteiger charge is -2.23. The zero-order valence-electron chi connectivity index (χ0n) is 9.41. The monoisotopic (exact) mass is 235 g/mol. The molecule has 0 amide bonds. The number of halogens is 1. The summed E-state index contributed by atoms with van der Waals surface area (Å²) in [7, 11) is 1.41. The van der Waals surface area contributed by atoms with Crippen LogP contribution < -0.4 is 5.73 Å². The third-order valence-electron chi connectivity index (χ3n) is 3.02. The fraction of sp³-hybridized carbons (Fsp3) is 0.909. The zero-order valence-corrected chi connectivity index (χ0v) is 10.2. The average molecular weight is 236 g/mol. The highest BCUT2D eigenvalue weighted by molar-refractivity contribution is 5.85. The Bertz CT molecular complexity index is 181. The van der Waals surface area contributed by atoms with Crippen LogP contribution in [0.4, 0.5) is 0 Å². The molecule has 3 nitrogen and oxygen atoms in total. The second-order valence-corrected chi connectivity index (χ2v) is 4.28. The van der Waals surface area contributed by atoms with E-state index in [9.17, 15) is 4.79 Å². The number of hydrogen-bond donors (Lipinski definition) is 1. The van der Waals surface area contributed by atoms with Gasteiger partial charge >= 0.3 is 5.97 Å². The van der Waals surface area contributed by atoms with Crippen LogP contribution in [0.25, 0.3) is 0 Å². The molecule has 0 aromatic rings. The normalized spacial score (nSPS) is 19.1. The first-order valence-corrected chi connectivity index (χ1v) is 5.54. The van der Waals surface area contributed by atoms with E-state index in [1.165, 1.54) is 39.2 Å². The SMILES string of the molecule is COC(=O)CC(N)CC1CCCCC1.Cl.